The van der Waals surface area contributed by atoms with Crippen molar-refractivity contribution in [3.63, 3.8) is 0 Å². The third-order valence-corrected chi connectivity index (χ3v) is 8.06. The summed E-state index contributed by atoms with van der Waals surface area (Å²) in [7, 11) is 0. The molecule has 0 unspecified atom stereocenters. The third kappa shape index (κ3) is 3.01. The zero-order valence-electron chi connectivity index (χ0n) is 19.1. The largest absolute Gasteiger partial charge is 0.342 e. The number of fused-ring (bicyclic) bond motifs is 3. The van der Waals surface area contributed by atoms with Gasteiger partial charge in [-0.3, -0.25) is 4.98 Å². The molecule has 8 nitrogen and oxygen atoms in total. The monoisotopic (exact) mass is 452 g/mol. The summed E-state index contributed by atoms with van der Waals surface area (Å²) >= 11 is 0. The van der Waals surface area contributed by atoms with Crippen molar-refractivity contribution in [1.82, 2.24) is 24.9 Å². The number of hydrogen-bond acceptors (Lipinski definition) is 7. The van der Waals surface area contributed by atoms with E-state index in [9.17, 15) is 0 Å². The molecule has 5 heterocycles. The Kier molecular flexibility index (Phi) is 4.39. The number of nitrogens with zero attached hydrogens (tertiary/aromatic N) is 6. The van der Waals surface area contributed by atoms with Gasteiger partial charge >= 0.3 is 0 Å². The van der Waals surface area contributed by atoms with Crippen LogP contribution in [0.15, 0.2) is 48.8 Å². The smallest absolute Gasteiger partial charge is 0.206 e. The lowest BCUT2D eigenvalue weighted by molar-refractivity contribution is 0.187. The summed E-state index contributed by atoms with van der Waals surface area (Å²) in [5.74, 6) is 1.68. The van der Waals surface area contributed by atoms with E-state index in [1.54, 1.807) is 0 Å². The van der Waals surface area contributed by atoms with E-state index in [2.05, 4.69) is 55.1 Å². The Morgan fingerprint density at radius 3 is 2.76 bits per heavy atom. The first-order chi connectivity index (χ1) is 16.7. The molecule has 1 aliphatic carbocycles. The fraction of sp³-hybridized carbons (Fsp3) is 0.385. The summed E-state index contributed by atoms with van der Waals surface area (Å²) in [6, 6.07) is 12.9. The molecule has 1 atom stereocenters. The first-order valence-corrected chi connectivity index (χ1v) is 12.2. The number of rotatable bonds is 2. The number of anilines is 3. The Morgan fingerprint density at radius 1 is 1.00 bits per heavy atom. The van der Waals surface area contributed by atoms with Crippen LogP contribution in [0.3, 0.4) is 0 Å². The highest BCUT2D eigenvalue weighted by molar-refractivity contribution is 5.73. The molecule has 3 aliphatic rings. The molecule has 1 saturated heterocycles. The quantitative estimate of drug-likeness (QED) is 0.479. The molecule has 172 valence electrons. The maximum Gasteiger partial charge on any atom is 0.206 e. The van der Waals surface area contributed by atoms with E-state index in [4.69, 9.17) is 15.7 Å². The number of nitrogens with two attached hydrogens (primary N) is 1. The van der Waals surface area contributed by atoms with E-state index in [1.165, 1.54) is 11.1 Å². The van der Waals surface area contributed by atoms with E-state index in [-0.39, 0.29) is 11.5 Å². The number of piperidine rings is 1. The summed E-state index contributed by atoms with van der Waals surface area (Å²) in [5, 5.41) is 0. The number of H-pyrrole nitrogens is 1. The molecule has 3 N–H and O–H groups in total. The normalized spacial score (nSPS) is 21.1. The topological polar surface area (TPSA) is 99.8 Å². The Balaban J connectivity index is 1.12. The Bertz CT molecular complexity index is 1370. The van der Waals surface area contributed by atoms with Gasteiger partial charge in [0, 0.05) is 31.9 Å². The van der Waals surface area contributed by atoms with Gasteiger partial charge in [-0.05, 0) is 60.8 Å². The highest BCUT2D eigenvalue weighted by Gasteiger charge is 2.46. The number of hydrogen-bond donors (Lipinski definition) is 2. The molecule has 2 aliphatic heterocycles. The van der Waals surface area contributed by atoms with Gasteiger partial charge < -0.3 is 20.5 Å². The van der Waals surface area contributed by atoms with Gasteiger partial charge in [0.2, 0.25) is 11.6 Å². The van der Waals surface area contributed by atoms with Gasteiger partial charge in [-0.15, -0.1) is 0 Å². The average Bonchev–Trinajstić information content (AvgIpc) is 3.43. The van der Waals surface area contributed by atoms with E-state index in [0.29, 0.717) is 5.65 Å². The summed E-state index contributed by atoms with van der Waals surface area (Å²) in [4.78, 5) is 26.9. The minimum atomic E-state index is 0.120. The van der Waals surface area contributed by atoms with Gasteiger partial charge in [-0.1, -0.05) is 24.3 Å². The second kappa shape index (κ2) is 7.50. The Labute approximate surface area is 198 Å². The highest BCUT2D eigenvalue weighted by atomic mass is 15.3. The maximum absolute atomic E-state index is 6.75. The molecule has 0 radical (unpaired) electrons. The van der Waals surface area contributed by atoms with Crippen LogP contribution in [0.1, 0.15) is 42.1 Å². The van der Waals surface area contributed by atoms with Crippen molar-refractivity contribution in [2.45, 2.75) is 38.1 Å². The van der Waals surface area contributed by atoms with Crippen LogP contribution < -0.4 is 15.5 Å². The number of nitrogens with one attached hydrogen (secondary N) is 1. The van der Waals surface area contributed by atoms with Crippen LogP contribution >= 0.6 is 0 Å². The van der Waals surface area contributed by atoms with Crippen molar-refractivity contribution >= 4 is 28.7 Å². The molecule has 0 bridgehead atoms. The van der Waals surface area contributed by atoms with Crippen LogP contribution in [0.25, 0.3) is 11.3 Å². The van der Waals surface area contributed by atoms with E-state index >= 15 is 0 Å². The van der Waals surface area contributed by atoms with Gasteiger partial charge in [0.15, 0.2) is 11.5 Å². The van der Waals surface area contributed by atoms with Gasteiger partial charge in [0.05, 0.1) is 17.6 Å². The second-order valence-electron chi connectivity index (χ2n) is 9.89. The molecule has 7 rings (SSSR count). The fourth-order valence-corrected chi connectivity index (χ4v) is 6.15. The summed E-state index contributed by atoms with van der Waals surface area (Å²) < 4.78 is 0. The molecular formula is C26H28N8. The lowest BCUT2D eigenvalue weighted by Crippen LogP contribution is -2.44. The predicted octanol–water partition coefficient (Wildman–Crippen LogP) is 3.67. The van der Waals surface area contributed by atoms with Crippen LogP contribution in [0.5, 0.6) is 0 Å². The van der Waals surface area contributed by atoms with Crippen LogP contribution in [-0.4, -0.2) is 44.6 Å². The molecule has 34 heavy (non-hydrogen) atoms. The van der Waals surface area contributed by atoms with Gasteiger partial charge in [-0.25, -0.2) is 9.97 Å². The summed E-state index contributed by atoms with van der Waals surface area (Å²) in [6.07, 6.45) is 8.95. The maximum atomic E-state index is 6.75. The van der Waals surface area contributed by atoms with Crippen LogP contribution in [0.2, 0.25) is 0 Å². The van der Waals surface area contributed by atoms with Crippen molar-refractivity contribution < 1.29 is 0 Å². The molecule has 4 aromatic rings. The summed E-state index contributed by atoms with van der Waals surface area (Å²) in [6.45, 7) is 2.77. The second-order valence-corrected chi connectivity index (χ2v) is 9.89. The number of imidazole rings is 1. The number of benzene rings is 1. The third-order valence-electron chi connectivity index (χ3n) is 8.06. The van der Waals surface area contributed by atoms with Gasteiger partial charge in [-0.2, -0.15) is 4.98 Å². The SMILES string of the molecule is N[C@@H]1c2ccccc2CC12CCN(c1nc3nc(N4CCCc5ncccc54)cnc3[nH]1)CC2. The lowest BCUT2D eigenvalue weighted by atomic mass is 9.73. The van der Waals surface area contributed by atoms with Crippen molar-refractivity contribution in [1.29, 1.82) is 0 Å². The van der Waals surface area contributed by atoms with Crippen LogP contribution in [0.4, 0.5) is 17.5 Å². The zero-order valence-corrected chi connectivity index (χ0v) is 19.1. The van der Waals surface area contributed by atoms with Gasteiger partial charge in [0.1, 0.15) is 0 Å². The average molecular weight is 453 g/mol. The Morgan fingerprint density at radius 2 is 1.88 bits per heavy atom. The van der Waals surface area contributed by atoms with Crippen molar-refractivity contribution in [2.24, 2.45) is 11.1 Å². The van der Waals surface area contributed by atoms with Crippen molar-refractivity contribution in [3.8, 4) is 0 Å². The van der Waals surface area contributed by atoms with E-state index < -0.39 is 0 Å². The first-order valence-electron chi connectivity index (χ1n) is 12.2. The molecule has 0 saturated carbocycles. The minimum Gasteiger partial charge on any atom is -0.342 e. The Hall–Kier alpha value is -3.52. The predicted molar refractivity (Wildman–Crippen MR) is 132 cm³/mol. The number of aryl methyl sites for hydroxylation is 1. The van der Waals surface area contributed by atoms with E-state index in [0.717, 1.165) is 80.5 Å². The number of aromatic amines is 1. The van der Waals surface area contributed by atoms with Crippen molar-refractivity contribution in [3.05, 3.63) is 65.6 Å². The zero-order chi connectivity index (χ0) is 22.7. The highest BCUT2D eigenvalue weighted by Crippen LogP contribution is 2.50. The molecule has 8 heteroatoms. The summed E-state index contributed by atoms with van der Waals surface area (Å²) in [5.41, 5.74) is 13.3. The fourth-order valence-electron chi connectivity index (χ4n) is 6.15. The molecular weight excluding hydrogens is 424 g/mol. The minimum absolute atomic E-state index is 0.120. The van der Waals surface area contributed by atoms with E-state index in [1.807, 2.05) is 18.5 Å². The molecule has 1 spiro atoms. The lowest BCUT2D eigenvalue weighted by Gasteiger charge is -2.42. The van der Waals surface area contributed by atoms with Crippen LogP contribution in [-0.2, 0) is 12.8 Å². The number of aromatic nitrogens is 5. The standard InChI is InChI=1S/C26H28N8/c27-22-18-6-2-1-5-17(18)15-26(22)9-13-33(14-10-26)25-31-23-24(32-25)30-21(16-29-23)34-12-4-7-19-20(34)8-3-11-28-19/h1-3,5-6,8,11,16,22H,4,7,9-10,12-15,27H2,(H,29,30,31,32)/t22-/m1/s1. The van der Waals surface area contributed by atoms with Gasteiger partial charge in [0.25, 0.3) is 0 Å². The number of pyridine rings is 1. The molecule has 1 aromatic carbocycles. The molecule has 3 aromatic heterocycles. The first kappa shape index (κ1) is 19.9. The molecule has 1 fully saturated rings. The molecule has 0 amide bonds. The van der Waals surface area contributed by atoms with Crippen molar-refractivity contribution in [2.75, 3.05) is 29.4 Å². The van der Waals surface area contributed by atoms with Crippen LogP contribution in [0, 0.1) is 5.41 Å².